The summed E-state index contributed by atoms with van der Waals surface area (Å²) >= 11 is 0. The highest BCUT2D eigenvalue weighted by molar-refractivity contribution is 5.93. The number of rotatable bonds is 5. The zero-order chi connectivity index (χ0) is 20.4. The highest BCUT2D eigenvalue weighted by atomic mass is 19.3. The van der Waals surface area contributed by atoms with E-state index in [1.165, 1.54) is 12.1 Å². The van der Waals surface area contributed by atoms with E-state index in [2.05, 4.69) is 20.4 Å². The van der Waals surface area contributed by atoms with Crippen LogP contribution in [0.5, 0.6) is 0 Å². The van der Waals surface area contributed by atoms with Crippen LogP contribution in [0.1, 0.15) is 30.5 Å². The summed E-state index contributed by atoms with van der Waals surface area (Å²) in [5.74, 6) is -0.886. The Hall–Kier alpha value is -2.87. The lowest BCUT2D eigenvalue weighted by molar-refractivity contribution is 0.122. The van der Waals surface area contributed by atoms with Gasteiger partial charge in [0.1, 0.15) is 5.82 Å². The molecule has 8 heteroatoms. The number of aromatic nitrogens is 2. The first-order valence-electron chi connectivity index (χ1n) is 9.45. The average Bonchev–Trinajstić information content (AvgIpc) is 2.74. The van der Waals surface area contributed by atoms with Gasteiger partial charge in [0.15, 0.2) is 0 Å². The lowest BCUT2D eigenvalue weighted by atomic mass is 10.0. The first-order chi connectivity index (χ1) is 14.0. The minimum Gasteiger partial charge on any atom is -0.378 e. The van der Waals surface area contributed by atoms with Gasteiger partial charge in [-0.2, -0.15) is 10.2 Å². The number of morpholine rings is 1. The van der Waals surface area contributed by atoms with E-state index >= 15 is 0 Å². The number of alkyl halides is 2. The summed E-state index contributed by atoms with van der Waals surface area (Å²) in [6.45, 7) is 4.68. The van der Waals surface area contributed by atoms with Crippen molar-refractivity contribution in [2.75, 3.05) is 36.5 Å². The van der Waals surface area contributed by atoms with Crippen molar-refractivity contribution in [3.05, 3.63) is 59.5 Å². The maximum absolute atomic E-state index is 14.5. The predicted octanol–water partition coefficient (Wildman–Crippen LogP) is 4.72. The first kappa shape index (κ1) is 19.4. The second-order valence-electron chi connectivity index (χ2n) is 6.98. The molecule has 2 aromatic carbocycles. The van der Waals surface area contributed by atoms with Gasteiger partial charge < -0.3 is 15.0 Å². The van der Waals surface area contributed by atoms with Crippen molar-refractivity contribution in [3.63, 3.8) is 0 Å². The molecule has 0 unspecified atom stereocenters. The SMILES string of the molecule is C[C@@H](Nc1cnnc2ccc(N3CCOCC3)cc12)c1cccc(C(F)F)c1F. The van der Waals surface area contributed by atoms with Gasteiger partial charge in [-0.15, -0.1) is 0 Å². The topological polar surface area (TPSA) is 50.3 Å². The number of halogens is 3. The molecular formula is C21H21F3N4O. The van der Waals surface area contributed by atoms with Crippen molar-refractivity contribution < 1.29 is 17.9 Å². The lowest BCUT2D eigenvalue weighted by Gasteiger charge is -2.29. The minimum absolute atomic E-state index is 0.178. The largest absolute Gasteiger partial charge is 0.378 e. The molecule has 5 nitrogen and oxygen atoms in total. The quantitative estimate of drug-likeness (QED) is 0.670. The van der Waals surface area contributed by atoms with Gasteiger partial charge in [0.25, 0.3) is 6.43 Å². The minimum atomic E-state index is -2.86. The molecule has 0 radical (unpaired) electrons. The Morgan fingerprint density at radius 1 is 1.10 bits per heavy atom. The van der Waals surface area contributed by atoms with E-state index in [9.17, 15) is 13.2 Å². The number of hydrogen-bond acceptors (Lipinski definition) is 5. The third kappa shape index (κ3) is 3.98. The number of hydrogen-bond donors (Lipinski definition) is 1. The van der Waals surface area contributed by atoms with Crippen LogP contribution in [0.25, 0.3) is 10.9 Å². The Labute approximate surface area is 166 Å². The fraction of sp³-hybridized carbons (Fsp3) is 0.333. The van der Waals surface area contributed by atoms with Crippen molar-refractivity contribution in [2.45, 2.75) is 19.4 Å². The molecule has 0 saturated carbocycles. The van der Waals surface area contributed by atoms with Gasteiger partial charge >= 0.3 is 0 Å². The van der Waals surface area contributed by atoms with E-state index < -0.39 is 23.8 Å². The molecule has 2 heterocycles. The van der Waals surface area contributed by atoms with Gasteiger partial charge in [0.05, 0.1) is 42.2 Å². The summed E-state index contributed by atoms with van der Waals surface area (Å²) in [6, 6.07) is 9.41. The molecule has 3 aromatic rings. The molecule has 1 fully saturated rings. The predicted molar refractivity (Wildman–Crippen MR) is 106 cm³/mol. The Kier molecular flexibility index (Phi) is 5.53. The van der Waals surface area contributed by atoms with Gasteiger partial charge in [-0.25, -0.2) is 13.2 Å². The standard InChI is InChI=1S/C21H21F3N4O/c1-13(15-3-2-4-16(20(15)22)21(23)24)26-19-12-25-27-18-6-5-14(11-17(18)19)28-7-9-29-10-8-28/h2-6,11-13,21H,7-10H2,1H3,(H,26,27)/t13-/m1/s1. The molecule has 152 valence electrons. The number of nitrogens with zero attached hydrogens (tertiary/aromatic N) is 3. The van der Waals surface area contributed by atoms with Crippen LogP contribution in [0.3, 0.4) is 0 Å². The summed E-state index contributed by atoms with van der Waals surface area (Å²) in [4.78, 5) is 2.22. The molecule has 0 amide bonds. The van der Waals surface area contributed by atoms with E-state index in [-0.39, 0.29) is 5.56 Å². The van der Waals surface area contributed by atoms with Gasteiger partial charge in [-0.05, 0) is 25.1 Å². The van der Waals surface area contributed by atoms with Crippen LogP contribution < -0.4 is 10.2 Å². The van der Waals surface area contributed by atoms with Crippen molar-refractivity contribution >= 4 is 22.3 Å². The summed E-state index contributed by atoms with van der Waals surface area (Å²) in [6.07, 6.45) is -1.29. The van der Waals surface area contributed by atoms with E-state index in [0.717, 1.165) is 30.2 Å². The van der Waals surface area contributed by atoms with Crippen LogP contribution in [0, 0.1) is 5.82 Å². The Bertz CT molecular complexity index is 1010. The molecule has 0 bridgehead atoms. The van der Waals surface area contributed by atoms with E-state index in [4.69, 9.17) is 4.74 Å². The summed E-state index contributed by atoms with van der Waals surface area (Å²) in [5.41, 5.74) is 1.98. The van der Waals surface area contributed by atoms with E-state index in [0.29, 0.717) is 24.4 Å². The highest BCUT2D eigenvalue weighted by Crippen LogP contribution is 2.32. The molecule has 1 atom stereocenters. The second kappa shape index (κ2) is 8.24. The van der Waals surface area contributed by atoms with Crippen LogP contribution >= 0.6 is 0 Å². The first-order valence-corrected chi connectivity index (χ1v) is 9.45. The van der Waals surface area contributed by atoms with Gasteiger partial charge in [-0.3, -0.25) is 0 Å². The van der Waals surface area contributed by atoms with Crippen LogP contribution in [-0.4, -0.2) is 36.5 Å². The average molecular weight is 402 g/mol. The molecular weight excluding hydrogens is 381 g/mol. The molecule has 1 aliphatic rings. The number of fused-ring (bicyclic) bond motifs is 1. The Morgan fingerprint density at radius 3 is 2.62 bits per heavy atom. The van der Waals surface area contributed by atoms with Crippen molar-refractivity contribution in [3.8, 4) is 0 Å². The number of benzene rings is 2. The van der Waals surface area contributed by atoms with E-state index in [1.54, 1.807) is 13.1 Å². The maximum atomic E-state index is 14.5. The zero-order valence-corrected chi connectivity index (χ0v) is 15.9. The smallest absolute Gasteiger partial charge is 0.266 e. The fourth-order valence-corrected chi connectivity index (χ4v) is 3.56. The van der Waals surface area contributed by atoms with Crippen LogP contribution in [0.4, 0.5) is 24.5 Å². The van der Waals surface area contributed by atoms with E-state index in [1.807, 2.05) is 18.2 Å². The monoisotopic (exact) mass is 402 g/mol. The zero-order valence-electron chi connectivity index (χ0n) is 15.9. The number of anilines is 2. The Balaban J connectivity index is 1.66. The van der Waals surface area contributed by atoms with Gasteiger partial charge in [0.2, 0.25) is 0 Å². The molecule has 1 aliphatic heterocycles. The van der Waals surface area contributed by atoms with Crippen LogP contribution in [0.2, 0.25) is 0 Å². The van der Waals surface area contributed by atoms with Crippen LogP contribution in [-0.2, 0) is 4.74 Å². The highest BCUT2D eigenvalue weighted by Gasteiger charge is 2.20. The molecule has 4 rings (SSSR count). The van der Waals surface area contributed by atoms with Crippen molar-refractivity contribution in [1.82, 2.24) is 10.2 Å². The molecule has 1 N–H and O–H groups in total. The summed E-state index contributed by atoms with van der Waals surface area (Å²) < 4.78 is 46.0. The molecule has 0 aliphatic carbocycles. The normalized spacial score (nSPS) is 15.7. The maximum Gasteiger partial charge on any atom is 0.266 e. The van der Waals surface area contributed by atoms with Gasteiger partial charge in [-0.1, -0.05) is 18.2 Å². The number of nitrogens with one attached hydrogen (secondary N) is 1. The molecule has 1 saturated heterocycles. The summed E-state index contributed by atoms with van der Waals surface area (Å²) in [7, 11) is 0. The van der Waals surface area contributed by atoms with Gasteiger partial charge in [0, 0.05) is 29.7 Å². The fourth-order valence-electron chi connectivity index (χ4n) is 3.56. The third-order valence-corrected chi connectivity index (χ3v) is 5.13. The molecule has 0 spiro atoms. The molecule has 29 heavy (non-hydrogen) atoms. The van der Waals surface area contributed by atoms with Crippen molar-refractivity contribution in [2.24, 2.45) is 0 Å². The number of ether oxygens (including phenoxy) is 1. The second-order valence-corrected chi connectivity index (χ2v) is 6.98. The lowest BCUT2D eigenvalue weighted by Crippen LogP contribution is -2.36. The van der Waals surface area contributed by atoms with Crippen LogP contribution in [0.15, 0.2) is 42.6 Å². The third-order valence-electron chi connectivity index (χ3n) is 5.13. The molecule has 1 aromatic heterocycles. The Morgan fingerprint density at radius 2 is 1.86 bits per heavy atom. The van der Waals surface area contributed by atoms with Crippen molar-refractivity contribution in [1.29, 1.82) is 0 Å². The summed E-state index contributed by atoms with van der Waals surface area (Å²) in [5, 5.41) is 12.2.